The fourth-order valence-corrected chi connectivity index (χ4v) is 2.53. The van der Waals surface area contributed by atoms with Gasteiger partial charge in [0, 0.05) is 25.1 Å². The molecule has 3 rings (SSSR count). The van der Waals surface area contributed by atoms with Crippen molar-refractivity contribution in [2.75, 3.05) is 19.7 Å². The van der Waals surface area contributed by atoms with Crippen LogP contribution in [0.1, 0.15) is 23.4 Å². The molecule has 2 aromatic heterocycles. The number of amides is 1. The average Bonchev–Trinajstić information content (AvgIpc) is 2.92. The van der Waals surface area contributed by atoms with Crippen LogP contribution in [0.25, 0.3) is 0 Å². The molecule has 1 aliphatic heterocycles. The van der Waals surface area contributed by atoms with E-state index < -0.39 is 0 Å². The minimum Gasteiger partial charge on any atom is -0.368 e. The molecule has 0 aliphatic carbocycles. The highest BCUT2D eigenvalue weighted by molar-refractivity contribution is 5.76. The lowest BCUT2D eigenvalue weighted by Crippen LogP contribution is -2.43. The van der Waals surface area contributed by atoms with E-state index in [-0.39, 0.29) is 12.0 Å². The van der Waals surface area contributed by atoms with Gasteiger partial charge < -0.3 is 14.2 Å². The second-order valence-corrected chi connectivity index (χ2v) is 5.33. The summed E-state index contributed by atoms with van der Waals surface area (Å²) < 4.78 is 7.60. The monoisotopic (exact) mass is 301 g/mol. The van der Waals surface area contributed by atoms with Gasteiger partial charge in [-0.3, -0.25) is 4.79 Å². The van der Waals surface area contributed by atoms with E-state index in [1.807, 2.05) is 35.6 Å². The van der Waals surface area contributed by atoms with E-state index in [2.05, 4.69) is 15.0 Å². The van der Waals surface area contributed by atoms with E-state index in [1.54, 1.807) is 12.4 Å². The second kappa shape index (κ2) is 6.23. The molecule has 7 heteroatoms. The quantitative estimate of drug-likeness (QED) is 0.842. The molecule has 2 aromatic rings. The molecule has 3 heterocycles. The summed E-state index contributed by atoms with van der Waals surface area (Å²) in [6, 6.07) is 1.84. The maximum atomic E-state index is 12.5. The zero-order chi connectivity index (χ0) is 15.5. The number of aromatic nitrogens is 4. The predicted molar refractivity (Wildman–Crippen MR) is 79.0 cm³/mol. The van der Waals surface area contributed by atoms with Crippen LogP contribution < -0.4 is 0 Å². The van der Waals surface area contributed by atoms with Crippen molar-refractivity contribution in [3.63, 3.8) is 0 Å². The Balaban J connectivity index is 1.67. The minimum atomic E-state index is -0.191. The number of hydrogen-bond donors (Lipinski definition) is 0. The predicted octanol–water partition coefficient (Wildman–Crippen LogP) is 0.890. The van der Waals surface area contributed by atoms with Gasteiger partial charge in [-0.2, -0.15) is 0 Å². The van der Waals surface area contributed by atoms with E-state index in [0.29, 0.717) is 32.1 Å². The second-order valence-electron chi connectivity index (χ2n) is 5.33. The number of aryl methyl sites for hydroxylation is 2. The number of imidazole rings is 1. The molecule has 1 amide bonds. The van der Waals surface area contributed by atoms with Crippen LogP contribution in [-0.4, -0.2) is 50.0 Å². The Bertz CT molecular complexity index is 669. The summed E-state index contributed by atoms with van der Waals surface area (Å²) >= 11 is 0. The van der Waals surface area contributed by atoms with Crippen LogP contribution in [0.15, 0.2) is 24.7 Å². The summed E-state index contributed by atoms with van der Waals surface area (Å²) in [5, 5.41) is 0. The molecular formula is C15H19N5O2. The van der Waals surface area contributed by atoms with Crippen molar-refractivity contribution in [1.82, 2.24) is 24.4 Å². The van der Waals surface area contributed by atoms with Gasteiger partial charge in [-0.05, 0) is 19.9 Å². The maximum Gasteiger partial charge on any atom is 0.242 e. The molecule has 0 N–H and O–H groups in total. The summed E-state index contributed by atoms with van der Waals surface area (Å²) in [5.74, 6) is 1.61. The Labute approximate surface area is 129 Å². The summed E-state index contributed by atoms with van der Waals surface area (Å²) in [5.41, 5.74) is 0.823. The van der Waals surface area contributed by atoms with E-state index in [0.717, 1.165) is 11.5 Å². The Kier molecular flexibility index (Phi) is 4.15. The van der Waals surface area contributed by atoms with Gasteiger partial charge in [0.05, 0.1) is 18.8 Å². The van der Waals surface area contributed by atoms with Crippen molar-refractivity contribution in [2.24, 2.45) is 0 Å². The van der Waals surface area contributed by atoms with Crippen LogP contribution in [0.4, 0.5) is 0 Å². The van der Waals surface area contributed by atoms with Gasteiger partial charge in [-0.25, -0.2) is 15.0 Å². The van der Waals surface area contributed by atoms with Gasteiger partial charge >= 0.3 is 0 Å². The first-order valence-electron chi connectivity index (χ1n) is 7.30. The van der Waals surface area contributed by atoms with Gasteiger partial charge in [0.2, 0.25) is 5.91 Å². The zero-order valence-corrected chi connectivity index (χ0v) is 12.8. The highest BCUT2D eigenvalue weighted by atomic mass is 16.5. The summed E-state index contributed by atoms with van der Waals surface area (Å²) in [6.45, 7) is 5.68. The molecule has 0 spiro atoms. The average molecular weight is 301 g/mol. The van der Waals surface area contributed by atoms with E-state index >= 15 is 0 Å². The fraction of sp³-hybridized carbons (Fsp3) is 0.467. The van der Waals surface area contributed by atoms with Crippen molar-refractivity contribution >= 4 is 5.91 Å². The molecule has 0 bridgehead atoms. The molecule has 7 nitrogen and oxygen atoms in total. The van der Waals surface area contributed by atoms with Crippen LogP contribution in [0.2, 0.25) is 0 Å². The normalized spacial score (nSPS) is 18.5. The minimum absolute atomic E-state index is 0.0696. The van der Waals surface area contributed by atoms with Crippen LogP contribution in [0, 0.1) is 13.8 Å². The van der Waals surface area contributed by atoms with Crippen molar-refractivity contribution in [1.29, 1.82) is 0 Å². The molecule has 1 aliphatic rings. The lowest BCUT2D eigenvalue weighted by molar-refractivity contribution is -0.139. The lowest BCUT2D eigenvalue weighted by Gasteiger charge is -2.32. The topological polar surface area (TPSA) is 73.1 Å². The first-order valence-corrected chi connectivity index (χ1v) is 7.30. The third-order valence-electron chi connectivity index (χ3n) is 3.78. The summed E-state index contributed by atoms with van der Waals surface area (Å²) in [7, 11) is 0. The van der Waals surface area contributed by atoms with Crippen molar-refractivity contribution in [2.45, 2.75) is 26.5 Å². The van der Waals surface area contributed by atoms with Gasteiger partial charge in [0.1, 0.15) is 24.3 Å². The van der Waals surface area contributed by atoms with Gasteiger partial charge in [0.15, 0.2) is 0 Å². The largest absolute Gasteiger partial charge is 0.368 e. The van der Waals surface area contributed by atoms with Gasteiger partial charge in [-0.1, -0.05) is 0 Å². The number of carbonyl (C=O) groups is 1. The zero-order valence-electron chi connectivity index (χ0n) is 12.8. The van der Waals surface area contributed by atoms with Crippen molar-refractivity contribution in [3.05, 3.63) is 42.0 Å². The van der Waals surface area contributed by atoms with Gasteiger partial charge in [0.25, 0.3) is 0 Å². The summed E-state index contributed by atoms with van der Waals surface area (Å²) in [4.78, 5) is 26.9. The van der Waals surface area contributed by atoms with E-state index in [9.17, 15) is 4.79 Å². The third kappa shape index (κ3) is 3.14. The standard InChI is InChI=1S/C15H19N5O2/c1-11-16-4-3-13(18-11)14-9-20(7-8-22-14)15(21)10-19-6-5-17-12(19)2/h3-6,14H,7-10H2,1-2H3/t14-/m1/s1. The van der Waals surface area contributed by atoms with Crippen molar-refractivity contribution in [3.8, 4) is 0 Å². The smallest absolute Gasteiger partial charge is 0.242 e. The van der Waals surface area contributed by atoms with Crippen molar-refractivity contribution < 1.29 is 9.53 Å². The highest BCUT2D eigenvalue weighted by Gasteiger charge is 2.26. The Morgan fingerprint density at radius 1 is 1.36 bits per heavy atom. The molecule has 1 saturated heterocycles. The molecule has 1 fully saturated rings. The molecule has 116 valence electrons. The molecule has 1 atom stereocenters. The molecule has 0 radical (unpaired) electrons. The lowest BCUT2D eigenvalue weighted by atomic mass is 10.2. The Hall–Kier alpha value is -2.28. The number of hydrogen-bond acceptors (Lipinski definition) is 5. The molecule has 0 aromatic carbocycles. The van der Waals surface area contributed by atoms with Crippen LogP contribution in [-0.2, 0) is 16.1 Å². The number of carbonyl (C=O) groups excluding carboxylic acids is 1. The van der Waals surface area contributed by atoms with E-state index in [1.165, 1.54) is 0 Å². The Morgan fingerprint density at radius 2 is 2.23 bits per heavy atom. The molecule has 22 heavy (non-hydrogen) atoms. The molecular weight excluding hydrogens is 282 g/mol. The number of morpholine rings is 1. The Morgan fingerprint density at radius 3 is 2.95 bits per heavy atom. The number of ether oxygens (including phenoxy) is 1. The highest BCUT2D eigenvalue weighted by Crippen LogP contribution is 2.20. The third-order valence-corrected chi connectivity index (χ3v) is 3.78. The fourth-order valence-electron chi connectivity index (χ4n) is 2.53. The number of rotatable bonds is 3. The van der Waals surface area contributed by atoms with Crippen LogP contribution in [0.3, 0.4) is 0 Å². The number of nitrogens with zero attached hydrogens (tertiary/aromatic N) is 5. The summed E-state index contributed by atoms with van der Waals surface area (Å²) in [6.07, 6.45) is 5.05. The molecule has 0 saturated carbocycles. The first kappa shape index (κ1) is 14.6. The SMILES string of the molecule is Cc1nccc([C@H]2CN(C(=O)Cn3ccnc3C)CCO2)n1. The van der Waals surface area contributed by atoms with Crippen LogP contribution >= 0.6 is 0 Å². The molecule has 0 unspecified atom stereocenters. The first-order chi connectivity index (χ1) is 10.6. The van der Waals surface area contributed by atoms with Gasteiger partial charge in [-0.15, -0.1) is 0 Å². The maximum absolute atomic E-state index is 12.5. The van der Waals surface area contributed by atoms with Crippen LogP contribution in [0.5, 0.6) is 0 Å². The van der Waals surface area contributed by atoms with E-state index in [4.69, 9.17) is 4.74 Å².